The van der Waals surface area contributed by atoms with Crippen LogP contribution in [-0.2, 0) is 27.4 Å². The third-order valence-electron chi connectivity index (χ3n) is 6.66. The predicted octanol–water partition coefficient (Wildman–Crippen LogP) is 2.70. The first kappa shape index (κ1) is 26.6. The van der Waals surface area contributed by atoms with Crippen LogP contribution in [0.15, 0.2) is 41.4 Å². The van der Waals surface area contributed by atoms with E-state index in [2.05, 4.69) is 10.3 Å². The van der Waals surface area contributed by atoms with Gasteiger partial charge in [-0.1, -0.05) is 6.07 Å². The summed E-state index contributed by atoms with van der Waals surface area (Å²) in [6.45, 7) is 1.70. The fraction of sp³-hybridized carbons (Fsp3) is 0.375. The van der Waals surface area contributed by atoms with Crippen LogP contribution in [0.3, 0.4) is 0 Å². The molecule has 2 aliphatic rings. The molecule has 2 aromatic rings. The minimum absolute atomic E-state index is 0.00267. The molecule has 13 heteroatoms. The number of phenolic OH excluding ortho intramolecular Hbond substituents is 1. The Morgan fingerprint density at radius 1 is 1.16 bits per heavy atom. The molecule has 0 atom stereocenters. The summed E-state index contributed by atoms with van der Waals surface area (Å²) < 4.78 is 66.6. The summed E-state index contributed by atoms with van der Waals surface area (Å²) in [5.74, 6) is -2.56. The lowest BCUT2D eigenvalue weighted by atomic mass is 9.89. The van der Waals surface area contributed by atoms with Gasteiger partial charge in [-0.05, 0) is 67.6 Å². The number of aromatic hydroxyl groups is 1. The maximum Gasteiger partial charge on any atom is 0.416 e. The lowest BCUT2D eigenvalue weighted by Crippen LogP contribution is -2.50. The molecule has 1 fully saturated rings. The largest absolute Gasteiger partial charge is 0.508 e. The van der Waals surface area contributed by atoms with E-state index in [1.807, 2.05) is 0 Å². The van der Waals surface area contributed by atoms with Gasteiger partial charge < -0.3 is 15.5 Å². The molecular formula is C24H24F3N3O6S. The van der Waals surface area contributed by atoms with E-state index in [1.165, 1.54) is 16.4 Å². The predicted molar refractivity (Wildman–Crippen MR) is 127 cm³/mol. The van der Waals surface area contributed by atoms with Crippen molar-refractivity contribution < 1.29 is 41.4 Å². The molecule has 9 nitrogen and oxygen atoms in total. The van der Waals surface area contributed by atoms with Crippen LogP contribution in [0.5, 0.6) is 5.75 Å². The fourth-order valence-electron chi connectivity index (χ4n) is 4.52. The van der Waals surface area contributed by atoms with Crippen LogP contribution < -0.4 is 5.32 Å². The first-order valence-electron chi connectivity index (χ1n) is 11.3. The topological polar surface area (TPSA) is 136 Å². The number of aryl methyl sites for hydroxylation is 2. The second kappa shape index (κ2) is 9.45. The number of hydrogen-bond acceptors (Lipinski definition) is 6. The third-order valence-corrected chi connectivity index (χ3v) is 8.53. The van der Waals surface area contributed by atoms with E-state index in [9.17, 15) is 36.3 Å². The van der Waals surface area contributed by atoms with Crippen LogP contribution in [0.1, 0.15) is 45.5 Å². The zero-order valence-electron chi connectivity index (χ0n) is 19.7. The van der Waals surface area contributed by atoms with Gasteiger partial charge in [0.1, 0.15) is 17.1 Å². The molecule has 0 aromatic heterocycles. The van der Waals surface area contributed by atoms with E-state index < -0.39 is 44.9 Å². The first-order chi connectivity index (χ1) is 17.2. The summed E-state index contributed by atoms with van der Waals surface area (Å²) >= 11 is 0. The molecule has 1 amide bonds. The van der Waals surface area contributed by atoms with E-state index in [0.29, 0.717) is 17.2 Å². The molecule has 4 rings (SSSR count). The summed E-state index contributed by atoms with van der Waals surface area (Å²) in [7, 11) is -3.70. The molecule has 2 aromatic carbocycles. The molecule has 0 unspecified atom stereocenters. The van der Waals surface area contributed by atoms with Crippen molar-refractivity contribution in [3.63, 3.8) is 0 Å². The van der Waals surface area contributed by atoms with Gasteiger partial charge in [-0.25, -0.2) is 17.5 Å². The number of phenols is 1. The van der Waals surface area contributed by atoms with Crippen molar-refractivity contribution in [1.82, 2.24) is 9.62 Å². The second-order valence-electron chi connectivity index (χ2n) is 9.12. The van der Waals surface area contributed by atoms with Gasteiger partial charge in [0.15, 0.2) is 0 Å². The van der Waals surface area contributed by atoms with Gasteiger partial charge in [-0.3, -0.25) is 9.79 Å². The summed E-state index contributed by atoms with van der Waals surface area (Å²) in [6, 6.07) is 6.90. The van der Waals surface area contributed by atoms with Crippen molar-refractivity contribution in [2.24, 2.45) is 4.99 Å². The van der Waals surface area contributed by atoms with Crippen LogP contribution in [0, 0.1) is 6.92 Å². The Morgan fingerprint density at radius 2 is 1.84 bits per heavy atom. The van der Waals surface area contributed by atoms with Gasteiger partial charge in [0.2, 0.25) is 10.0 Å². The SMILES string of the molecule is Cc1cc(C(=O)O)ccc1CCS(=O)(=O)N1CCC2(CC1)N=C(c1cc(O)cc(C(F)(F)F)c1)NC2=O. The maximum atomic E-state index is 13.1. The summed E-state index contributed by atoms with van der Waals surface area (Å²) in [5.41, 5.74) is -1.02. The van der Waals surface area contributed by atoms with Crippen LogP contribution in [-0.4, -0.2) is 65.0 Å². The minimum Gasteiger partial charge on any atom is -0.508 e. The number of rotatable bonds is 6. The van der Waals surface area contributed by atoms with Crippen LogP contribution >= 0.6 is 0 Å². The molecule has 198 valence electrons. The van der Waals surface area contributed by atoms with Gasteiger partial charge in [0.25, 0.3) is 5.91 Å². The van der Waals surface area contributed by atoms with Gasteiger partial charge in [0.05, 0.1) is 16.9 Å². The number of carboxylic acids is 1. The van der Waals surface area contributed by atoms with Crippen molar-refractivity contribution >= 4 is 27.7 Å². The molecule has 2 heterocycles. The number of hydrogen-bond donors (Lipinski definition) is 3. The van der Waals surface area contributed by atoms with Crippen molar-refractivity contribution in [3.8, 4) is 5.75 Å². The number of carbonyl (C=O) groups excluding carboxylic acids is 1. The number of nitrogens with one attached hydrogen (secondary N) is 1. The number of alkyl halides is 3. The highest BCUT2D eigenvalue weighted by molar-refractivity contribution is 7.89. The lowest BCUT2D eigenvalue weighted by molar-refractivity contribution is -0.137. The number of nitrogens with zero attached hydrogens (tertiary/aromatic N) is 2. The highest BCUT2D eigenvalue weighted by atomic mass is 32.2. The minimum atomic E-state index is -4.70. The summed E-state index contributed by atoms with van der Waals surface area (Å²) in [4.78, 5) is 28.2. The number of sulfonamides is 1. The first-order valence-corrected chi connectivity index (χ1v) is 12.9. The number of carboxylic acid groups (broad SMARTS) is 1. The standard InChI is InChI=1S/C24H24F3N3O6S/c1-14-10-16(21(32)33)3-2-15(14)4-9-37(35,36)30-7-5-23(6-8-30)22(34)28-20(29-23)17-11-18(24(25,26)27)13-19(31)12-17/h2-3,10-13,31H,4-9H2,1H3,(H,32,33)(H,28,29,34). The Kier molecular flexibility index (Phi) is 6.80. The Bertz CT molecular complexity index is 1400. The number of amides is 1. The maximum absolute atomic E-state index is 13.1. The Balaban J connectivity index is 1.45. The smallest absolute Gasteiger partial charge is 0.416 e. The molecule has 0 bridgehead atoms. The molecule has 0 saturated carbocycles. The molecule has 1 saturated heterocycles. The number of halogens is 3. The third kappa shape index (κ3) is 5.47. The number of amidine groups is 1. The van der Waals surface area contributed by atoms with E-state index >= 15 is 0 Å². The zero-order valence-corrected chi connectivity index (χ0v) is 20.5. The highest BCUT2D eigenvalue weighted by Gasteiger charge is 2.47. The lowest BCUT2D eigenvalue weighted by Gasteiger charge is -2.34. The Hall–Kier alpha value is -3.45. The van der Waals surface area contributed by atoms with Crippen molar-refractivity contribution in [2.75, 3.05) is 18.8 Å². The van der Waals surface area contributed by atoms with Gasteiger partial charge >= 0.3 is 12.1 Å². The van der Waals surface area contributed by atoms with Crippen LogP contribution in [0.2, 0.25) is 0 Å². The van der Waals surface area contributed by atoms with E-state index in [0.717, 1.165) is 12.1 Å². The van der Waals surface area contributed by atoms with Gasteiger partial charge in [0, 0.05) is 18.7 Å². The van der Waals surface area contributed by atoms with Gasteiger partial charge in [-0.15, -0.1) is 0 Å². The normalized spacial score (nSPS) is 18.1. The molecule has 0 radical (unpaired) electrons. The molecule has 2 aliphatic heterocycles. The number of aromatic carboxylic acids is 1. The van der Waals surface area contributed by atoms with Crippen molar-refractivity contribution in [2.45, 2.75) is 37.9 Å². The van der Waals surface area contributed by atoms with E-state index in [4.69, 9.17) is 5.11 Å². The average molecular weight is 540 g/mol. The monoisotopic (exact) mass is 539 g/mol. The van der Waals surface area contributed by atoms with Crippen LogP contribution in [0.25, 0.3) is 0 Å². The Labute approximate surface area is 210 Å². The number of benzene rings is 2. The zero-order chi connectivity index (χ0) is 27.2. The van der Waals surface area contributed by atoms with Crippen LogP contribution in [0.4, 0.5) is 13.2 Å². The molecular weight excluding hydrogens is 515 g/mol. The number of carbonyl (C=O) groups is 2. The summed E-state index contributed by atoms with van der Waals surface area (Å²) in [5, 5.41) is 21.3. The van der Waals surface area contributed by atoms with E-state index in [1.54, 1.807) is 13.0 Å². The highest BCUT2D eigenvalue weighted by Crippen LogP contribution is 2.35. The number of aliphatic imine (C=N–C) groups is 1. The molecule has 1 spiro atoms. The molecule has 3 N–H and O–H groups in total. The summed E-state index contributed by atoms with van der Waals surface area (Å²) in [6.07, 6.45) is -4.44. The number of piperidine rings is 1. The van der Waals surface area contributed by atoms with Gasteiger partial charge in [-0.2, -0.15) is 13.2 Å². The van der Waals surface area contributed by atoms with E-state index in [-0.39, 0.29) is 55.1 Å². The van der Waals surface area contributed by atoms with Crippen molar-refractivity contribution in [1.29, 1.82) is 0 Å². The second-order valence-corrected chi connectivity index (χ2v) is 11.2. The quantitative estimate of drug-likeness (QED) is 0.517. The average Bonchev–Trinajstić information content (AvgIpc) is 3.13. The van der Waals surface area contributed by atoms with Crippen molar-refractivity contribution in [3.05, 3.63) is 64.2 Å². The fourth-order valence-corrected chi connectivity index (χ4v) is 5.99. The Morgan fingerprint density at radius 3 is 2.43 bits per heavy atom. The molecule has 0 aliphatic carbocycles. The molecule has 37 heavy (non-hydrogen) atoms.